The van der Waals surface area contributed by atoms with Gasteiger partial charge in [0, 0.05) is 45.4 Å². The Bertz CT molecular complexity index is 762. The van der Waals surface area contributed by atoms with Gasteiger partial charge in [-0.05, 0) is 23.6 Å². The molecule has 1 fully saturated rings. The van der Waals surface area contributed by atoms with Crippen molar-refractivity contribution in [2.24, 2.45) is 13.0 Å². The standard InChI is InChI=1S/C21H30N4O3/c1-3-27-7-8-28-15-17-6-4-5-16(9-17)10-23-21(26)20-13-22-12-19(20)18-11-24-25(2)14-18/h4-6,9,11,14,19-20,22H,3,7-8,10,12-13,15H2,1-2H3,(H,23,26)/t19-,20+/m1/s1. The Morgan fingerprint density at radius 1 is 1.29 bits per heavy atom. The zero-order valence-electron chi connectivity index (χ0n) is 16.7. The number of nitrogens with one attached hydrogen (secondary N) is 2. The molecule has 1 aromatic carbocycles. The highest BCUT2D eigenvalue weighted by Crippen LogP contribution is 2.27. The number of ether oxygens (including phenoxy) is 2. The molecule has 1 aliphatic heterocycles. The molecule has 0 saturated carbocycles. The van der Waals surface area contributed by atoms with Crippen LogP contribution in [0.5, 0.6) is 0 Å². The highest BCUT2D eigenvalue weighted by Gasteiger charge is 2.34. The predicted molar refractivity (Wildman–Crippen MR) is 107 cm³/mol. The molecule has 1 saturated heterocycles. The van der Waals surface area contributed by atoms with E-state index in [0.29, 0.717) is 39.5 Å². The van der Waals surface area contributed by atoms with Crippen LogP contribution in [0, 0.1) is 5.92 Å². The van der Waals surface area contributed by atoms with Gasteiger partial charge in [0.1, 0.15) is 0 Å². The van der Waals surface area contributed by atoms with Crippen LogP contribution in [0.25, 0.3) is 0 Å². The van der Waals surface area contributed by atoms with Gasteiger partial charge in [0.2, 0.25) is 5.91 Å². The molecule has 0 spiro atoms. The number of carbonyl (C=O) groups excluding carboxylic acids is 1. The molecule has 2 N–H and O–H groups in total. The second-order valence-electron chi connectivity index (χ2n) is 7.11. The van der Waals surface area contributed by atoms with Gasteiger partial charge < -0.3 is 20.1 Å². The number of benzene rings is 1. The minimum Gasteiger partial charge on any atom is -0.379 e. The largest absolute Gasteiger partial charge is 0.379 e. The molecule has 1 amide bonds. The molecule has 0 bridgehead atoms. The molecule has 7 nitrogen and oxygen atoms in total. The summed E-state index contributed by atoms with van der Waals surface area (Å²) >= 11 is 0. The fourth-order valence-corrected chi connectivity index (χ4v) is 3.54. The highest BCUT2D eigenvalue weighted by molar-refractivity contribution is 5.80. The van der Waals surface area contributed by atoms with E-state index in [0.717, 1.165) is 23.2 Å². The van der Waals surface area contributed by atoms with Crippen molar-refractivity contribution in [3.63, 3.8) is 0 Å². The van der Waals surface area contributed by atoms with Crippen LogP contribution in [0.15, 0.2) is 36.7 Å². The number of nitrogens with zero attached hydrogens (tertiary/aromatic N) is 2. The van der Waals surface area contributed by atoms with E-state index < -0.39 is 0 Å². The topological polar surface area (TPSA) is 77.4 Å². The fourth-order valence-electron chi connectivity index (χ4n) is 3.54. The molecule has 2 aromatic rings. The van der Waals surface area contributed by atoms with Crippen molar-refractivity contribution in [2.45, 2.75) is 26.0 Å². The van der Waals surface area contributed by atoms with Gasteiger partial charge in [-0.1, -0.05) is 24.3 Å². The van der Waals surface area contributed by atoms with Crippen LogP contribution in [0.1, 0.15) is 29.5 Å². The van der Waals surface area contributed by atoms with Crippen molar-refractivity contribution in [1.82, 2.24) is 20.4 Å². The summed E-state index contributed by atoms with van der Waals surface area (Å²) in [6.45, 7) is 6.43. The second-order valence-corrected chi connectivity index (χ2v) is 7.11. The van der Waals surface area contributed by atoms with Crippen molar-refractivity contribution in [1.29, 1.82) is 0 Å². The van der Waals surface area contributed by atoms with Crippen LogP contribution < -0.4 is 10.6 Å². The average Bonchev–Trinajstić information content (AvgIpc) is 3.35. The zero-order valence-corrected chi connectivity index (χ0v) is 16.7. The van der Waals surface area contributed by atoms with Crippen LogP contribution in [-0.4, -0.2) is 48.6 Å². The third kappa shape index (κ3) is 5.64. The first-order valence-corrected chi connectivity index (χ1v) is 9.87. The van der Waals surface area contributed by atoms with Crippen molar-refractivity contribution in [3.05, 3.63) is 53.3 Å². The van der Waals surface area contributed by atoms with Crippen molar-refractivity contribution in [3.8, 4) is 0 Å². The van der Waals surface area contributed by atoms with Crippen LogP contribution >= 0.6 is 0 Å². The monoisotopic (exact) mass is 386 g/mol. The van der Waals surface area contributed by atoms with Gasteiger partial charge in [-0.2, -0.15) is 5.10 Å². The van der Waals surface area contributed by atoms with E-state index >= 15 is 0 Å². The Kier molecular flexibility index (Phi) is 7.59. The van der Waals surface area contributed by atoms with E-state index in [-0.39, 0.29) is 17.7 Å². The lowest BCUT2D eigenvalue weighted by molar-refractivity contribution is -0.125. The van der Waals surface area contributed by atoms with Gasteiger partial charge in [0.25, 0.3) is 0 Å². The summed E-state index contributed by atoms with van der Waals surface area (Å²) < 4.78 is 12.7. The first-order chi connectivity index (χ1) is 13.7. The molecular weight excluding hydrogens is 356 g/mol. The molecule has 3 rings (SSSR count). The van der Waals surface area contributed by atoms with Crippen molar-refractivity contribution in [2.75, 3.05) is 32.9 Å². The molecule has 1 aromatic heterocycles. The highest BCUT2D eigenvalue weighted by atomic mass is 16.5. The van der Waals surface area contributed by atoms with Gasteiger partial charge in [0.15, 0.2) is 0 Å². The molecule has 1 aliphatic rings. The van der Waals surface area contributed by atoms with E-state index in [4.69, 9.17) is 9.47 Å². The van der Waals surface area contributed by atoms with Gasteiger partial charge in [0.05, 0.1) is 31.9 Å². The van der Waals surface area contributed by atoms with Gasteiger partial charge in [-0.25, -0.2) is 0 Å². The number of carbonyl (C=O) groups is 1. The number of aryl methyl sites for hydroxylation is 1. The molecule has 0 aliphatic carbocycles. The van der Waals surface area contributed by atoms with Gasteiger partial charge in [-0.3, -0.25) is 9.48 Å². The van der Waals surface area contributed by atoms with Crippen LogP contribution in [0.4, 0.5) is 0 Å². The minimum absolute atomic E-state index is 0.0747. The quantitative estimate of drug-likeness (QED) is 0.607. The lowest BCUT2D eigenvalue weighted by atomic mass is 9.90. The molecule has 7 heteroatoms. The summed E-state index contributed by atoms with van der Waals surface area (Å²) in [6, 6.07) is 8.13. The predicted octanol–water partition coefficient (Wildman–Crippen LogP) is 1.59. The SMILES string of the molecule is CCOCCOCc1cccc(CNC(=O)[C@H]2CNC[C@@H]2c2cnn(C)c2)c1. The molecule has 152 valence electrons. The second kappa shape index (κ2) is 10.4. The maximum Gasteiger partial charge on any atom is 0.225 e. The Morgan fingerprint density at radius 3 is 2.89 bits per heavy atom. The van der Waals surface area contributed by atoms with Crippen LogP contribution in [-0.2, 0) is 34.5 Å². The Balaban J connectivity index is 1.49. The van der Waals surface area contributed by atoms with E-state index in [1.807, 2.05) is 44.6 Å². The summed E-state index contributed by atoms with van der Waals surface area (Å²) in [5.74, 6) is 0.172. The van der Waals surface area contributed by atoms with Crippen molar-refractivity contribution < 1.29 is 14.3 Å². The Labute approximate surface area is 166 Å². The summed E-state index contributed by atoms with van der Waals surface area (Å²) in [5.41, 5.74) is 3.28. The molecule has 0 unspecified atom stereocenters. The lowest BCUT2D eigenvalue weighted by Gasteiger charge is -2.17. The first kappa shape index (κ1) is 20.5. The number of hydrogen-bond acceptors (Lipinski definition) is 5. The summed E-state index contributed by atoms with van der Waals surface area (Å²) in [7, 11) is 1.90. The zero-order chi connectivity index (χ0) is 19.8. The van der Waals surface area contributed by atoms with E-state index in [2.05, 4.69) is 21.8 Å². The van der Waals surface area contributed by atoms with Gasteiger partial charge in [-0.15, -0.1) is 0 Å². The number of aromatic nitrogens is 2. The smallest absolute Gasteiger partial charge is 0.225 e. The fraction of sp³-hybridized carbons (Fsp3) is 0.524. The summed E-state index contributed by atoms with van der Waals surface area (Å²) in [4.78, 5) is 12.7. The van der Waals surface area contributed by atoms with E-state index in [1.54, 1.807) is 4.68 Å². The number of rotatable bonds is 10. The first-order valence-electron chi connectivity index (χ1n) is 9.87. The maximum absolute atomic E-state index is 12.7. The Morgan fingerprint density at radius 2 is 2.11 bits per heavy atom. The Hall–Kier alpha value is -2.22. The third-order valence-corrected chi connectivity index (χ3v) is 5.01. The summed E-state index contributed by atoms with van der Waals surface area (Å²) in [6.07, 6.45) is 3.85. The van der Waals surface area contributed by atoms with Crippen LogP contribution in [0.3, 0.4) is 0 Å². The van der Waals surface area contributed by atoms with Crippen molar-refractivity contribution >= 4 is 5.91 Å². The number of amides is 1. The molecule has 2 atom stereocenters. The number of hydrogen-bond donors (Lipinski definition) is 2. The molecule has 0 radical (unpaired) electrons. The molecule has 28 heavy (non-hydrogen) atoms. The lowest BCUT2D eigenvalue weighted by Crippen LogP contribution is -2.34. The van der Waals surface area contributed by atoms with E-state index in [1.165, 1.54) is 0 Å². The maximum atomic E-state index is 12.7. The van der Waals surface area contributed by atoms with Crippen LogP contribution in [0.2, 0.25) is 0 Å². The molecular formula is C21H30N4O3. The summed E-state index contributed by atoms with van der Waals surface area (Å²) in [5, 5.41) is 10.7. The average molecular weight is 386 g/mol. The van der Waals surface area contributed by atoms with E-state index in [9.17, 15) is 4.79 Å². The third-order valence-electron chi connectivity index (χ3n) is 5.01. The van der Waals surface area contributed by atoms with Gasteiger partial charge >= 0.3 is 0 Å². The molecule has 2 heterocycles. The normalized spacial score (nSPS) is 19.1. The minimum atomic E-state index is -0.0747.